The van der Waals surface area contributed by atoms with Crippen molar-refractivity contribution >= 4 is 48.9 Å². The molecular formula is C25H26ClN3O7S2. The molecule has 0 unspecified atom stereocenters. The molecule has 1 aliphatic rings. The SMILES string of the molecule is COc1ccc(S(=O)(=O)N2CCOCC2)cc1C(=O)Nc1ccc(S(=O)(=O)Nc2cccc(Cl)c2C)cc1. The van der Waals surface area contributed by atoms with Crippen LogP contribution in [0.25, 0.3) is 0 Å². The summed E-state index contributed by atoms with van der Waals surface area (Å²) in [6.45, 7) is 2.73. The summed E-state index contributed by atoms with van der Waals surface area (Å²) >= 11 is 6.08. The van der Waals surface area contributed by atoms with E-state index in [0.29, 0.717) is 35.2 Å². The van der Waals surface area contributed by atoms with Gasteiger partial charge in [-0.1, -0.05) is 17.7 Å². The predicted molar refractivity (Wildman–Crippen MR) is 144 cm³/mol. The zero-order valence-electron chi connectivity index (χ0n) is 20.6. The van der Waals surface area contributed by atoms with Gasteiger partial charge >= 0.3 is 0 Å². The number of amides is 1. The minimum absolute atomic E-state index is 0.0108. The third kappa shape index (κ3) is 5.94. The Kier molecular flexibility index (Phi) is 8.28. The summed E-state index contributed by atoms with van der Waals surface area (Å²) in [4.78, 5) is 13.0. The Morgan fingerprint density at radius 2 is 1.63 bits per heavy atom. The normalized spacial score (nSPS) is 14.6. The molecule has 0 aliphatic carbocycles. The van der Waals surface area contributed by atoms with Gasteiger partial charge in [0.05, 0.1) is 41.4 Å². The summed E-state index contributed by atoms with van der Waals surface area (Å²) in [6.07, 6.45) is 0. The smallest absolute Gasteiger partial charge is 0.261 e. The van der Waals surface area contributed by atoms with E-state index in [2.05, 4.69) is 10.0 Å². The molecule has 1 fully saturated rings. The van der Waals surface area contributed by atoms with Crippen LogP contribution in [0.3, 0.4) is 0 Å². The monoisotopic (exact) mass is 579 g/mol. The Morgan fingerprint density at radius 1 is 0.974 bits per heavy atom. The number of morpholine rings is 1. The molecule has 1 saturated heterocycles. The van der Waals surface area contributed by atoms with Gasteiger partial charge in [-0.15, -0.1) is 0 Å². The van der Waals surface area contributed by atoms with Crippen molar-refractivity contribution in [2.45, 2.75) is 16.7 Å². The van der Waals surface area contributed by atoms with E-state index in [0.717, 1.165) is 0 Å². The number of carbonyl (C=O) groups is 1. The van der Waals surface area contributed by atoms with Gasteiger partial charge < -0.3 is 14.8 Å². The minimum Gasteiger partial charge on any atom is -0.496 e. The number of sulfonamides is 2. The first-order valence-corrected chi connectivity index (χ1v) is 14.8. The van der Waals surface area contributed by atoms with Crippen LogP contribution in [0.1, 0.15) is 15.9 Å². The molecule has 1 heterocycles. The van der Waals surface area contributed by atoms with Crippen molar-refractivity contribution in [1.82, 2.24) is 4.31 Å². The Labute approximate surface area is 226 Å². The second-order valence-corrected chi connectivity index (χ2v) is 12.4. The number of hydrogen-bond donors (Lipinski definition) is 2. The number of halogens is 1. The largest absolute Gasteiger partial charge is 0.496 e. The van der Waals surface area contributed by atoms with Crippen LogP contribution in [0.15, 0.2) is 70.5 Å². The summed E-state index contributed by atoms with van der Waals surface area (Å²) in [6, 6.07) is 14.5. The predicted octanol–water partition coefficient (Wildman–Crippen LogP) is 3.73. The molecular weight excluding hydrogens is 554 g/mol. The number of ether oxygens (including phenoxy) is 2. The molecule has 3 aromatic carbocycles. The van der Waals surface area contributed by atoms with Crippen molar-refractivity contribution in [3.8, 4) is 5.75 Å². The highest BCUT2D eigenvalue weighted by atomic mass is 35.5. The van der Waals surface area contributed by atoms with Gasteiger partial charge in [-0.2, -0.15) is 4.31 Å². The van der Waals surface area contributed by atoms with Crippen molar-refractivity contribution in [3.63, 3.8) is 0 Å². The molecule has 10 nitrogen and oxygen atoms in total. The third-order valence-electron chi connectivity index (χ3n) is 5.96. The molecule has 3 aromatic rings. The van der Waals surface area contributed by atoms with Crippen LogP contribution in [-0.2, 0) is 24.8 Å². The number of nitrogens with zero attached hydrogens (tertiary/aromatic N) is 1. The van der Waals surface area contributed by atoms with Crippen LogP contribution >= 0.6 is 11.6 Å². The Bertz CT molecular complexity index is 1550. The van der Waals surface area contributed by atoms with Crippen molar-refractivity contribution in [3.05, 3.63) is 76.8 Å². The second kappa shape index (κ2) is 11.3. The molecule has 1 aliphatic heterocycles. The molecule has 0 spiro atoms. The van der Waals surface area contributed by atoms with E-state index in [1.807, 2.05) is 0 Å². The molecule has 2 N–H and O–H groups in total. The first-order chi connectivity index (χ1) is 18.0. The number of anilines is 2. The highest BCUT2D eigenvalue weighted by Crippen LogP contribution is 2.28. The van der Waals surface area contributed by atoms with Gasteiger partial charge in [-0.3, -0.25) is 9.52 Å². The van der Waals surface area contributed by atoms with Gasteiger partial charge in [0.1, 0.15) is 5.75 Å². The fourth-order valence-electron chi connectivity index (χ4n) is 3.80. The molecule has 0 atom stereocenters. The topological polar surface area (TPSA) is 131 Å². The molecule has 13 heteroatoms. The standard InChI is InChI=1S/C25H26ClN3O7S2/c1-17-22(26)4-3-5-23(17)28-37(31,32)19-8-6-18(7-9-19)27-25(30)21-16-20(10-11-24(21)35-2)38(33,34)29-12-14-36-15-13-29/h3-11,16,28H,12-15H2,1-2H3,(H,27,30). The summed E-state index contributed by atoms with van der Waals surface area (Å²) in [5, 5.41) is 3.09. The van der Waals surface area contributed by atoms with Crippen LogP contribution in [-0.4, -0.2) is 60.5 Å². The maximum Gasteiger partial charge on any atom is 0.261 e. The van der Waals surface area contributed by atoms with E-state index >= 15 is 0 Å². The van der Waals surface area contributed by atoms with E-state index in [1.165, 1.54) is 53.9 Å². The lowest BCUT2D eigenvalue weighted by atomic mass is 10.2. The second-order valence-electron chi connectivity index (χ2n) is 8.37. The fourth-order valence-corrected chi connectivity index (χ4v) is 6.53. The van der Waals surface area contributed by atoms with E-state index in [4.69, 9.17) is 21.1 Å². The van der Waals surface area contributed by atoms with Crippen LogP contribution < -0.4 is 14.8 Å². The highest BCUT2D eigenvalue weighted by molar-refractivity contribution is 7.92. The lowest BCUT2D eigenvalue weighted by molar-refractivity contribution is 0.0730. The minimum atomic E-state index is -3.92. The van der Waals surface area contributed by atoms with Gasteiger partial charge in [0, 0.05) is 23.8 Å². The van der Waals surface area contributed by atoms with Crippen LogP contribution in [0.5, 0.6) is 5.75 Å². The van der Waals surface area contributed by atoms with Crippen molar-refractivity contribution < 1.29 is 31.1 Å². The van der Waals surface area contributed by atoms with E-state index < -0.39 is 26.0 Å². The lowest BCUT2D eigenvalue weighted by Crippen LogP contribution is -2.40. The number of benzene rings is 3. The van der Waals surface area contributed by atoms with Gasteiger partial charge in [0.15, 0.2) is 0 Å². The molecule has 1 amide bonds. The highest BCUT2D eigenvalue weighted by Gasteiger charge is 2.28. The van der Waals surface area contributed by atoms with Crippen LogP contribution in [0, 0.1) is 6.92 Å². The van der Waals surface area contributed by atoms with Crippen LogP contribution in [0.4, 0.5) is 11.4 Å². The zero-order chi connectivity index (χ0) is 27.5. The van der Waals surface area contributed by atoms with Crippen molar-refractivity contribution in [2.75, 3.05) is 43.5 Å². The first kappa shape index (κ1) is 27.9. The van der Waals surface area contributed by atoms with E-state index in [9.17, 15) is 21.6 Å². The molecule has 0 radical (unpaired) electrons. The van der Waals surface area contributed by atoms with Gasteiger partial charge in [0.25, 0.3) is 15.9 Å². The van der Waals surface area contributed by atoms with Crippen LogP contribution in [0.2, 0.25) is 5.02 Å². The summed E-state index contributed by atoms with van der Waals surface area (Å²) < 4.78 is 66.1. The van der Waals surface area contributed by atoms with Gasteiger partial charge in [-0.05, 0) is 67.1 Å². The maximum atomic E-state index is 13.1. The quantitative estimate of drug-likeness (QED) is 0.416. The Morgan fingerprint density at radius 3 is 2.29 bits per heavy atom. The molecule has 0 saturated carbocycles. The Balaban J connectivity index is 1.53. The fraction of sp³-hybridized carbons (Fsp3) is 0.240. The number of rotatable bonds is 8. The number of hydrogen-bond acceptors (Lipinski definition) is 7. The Hall–Kier alpha value is -3.16. The van der Waals surface area contributed by atoms with E-state index in [-0.39, 0.29) is 34.2 Å². The lowest BCUT2D eigenvalue weighted by Gasteiger charge is -2.26. The molecule has 4 rings (SSSR count). The first-order valence-electron chi connectivity index (χ1n) is 11.5. The van der Waals surface area contributed by atoms with Crippen molar-refractivity contribution in [1.29, 1.82) is 0 Å². The van der Waals surface area contributed by atoms with Gasteiger partial charge in [0.2, 0.25) is 10.0 Å². The third-order valence-corrected chi connectivity index (χ3v) is 9.64. The van der Waals surface area contributed by atoms with Crippen molar-refractivity contribution in [2.24, 2.45) is 0 Å². The molecule has 0 aromatic heterocycles. The molecule has 202 valence electrons. The number of carbonyl (C=O) groups excluding carboxylic acids is 1. The summed E-state index contributed by atoms with van der Waals surface area (Å²) in [5.74, 6) is -0.437. The van der Waals surface area contributed by atoms with E-state index in [1.54, 1.807) is 25.1 Å². The summed E-state index contributed by atoms with van der Waals surface area (Å²) in [7, 11) is -6.38. The molecule has 38 heavy (non-hydrogen) atoms. The summed E-state index contributed by atoms with van der Waals surface area (Å²) in [5.41, 5.74) is 1.26. The maximum absolute atomic E-state index is 13.1. The van der Waals surface area contributed by atoms with Gasteiger partial charge in [-0.25, -0.2) is 16.8 Å². The number of methoxy groups -OCH3 is 1. The molecule has 0 bridgehead atoms. The number of nitrogens with one attached hydrogen (secondary N) is 2. The average Bonchev–Trinajstić information content (AvgIpc) is 2.91. The zero-order valence-corrected chi connectivity index (χ0v) is 23.0. The average molecular weight is 580 g/mol.